The SMILES string of the molecule is O=C(CSc1ccc(-c2ccncc2)nn1)Nc1ccccc1Cl. The number of rotatable bonds is 5. The Hall–Kier alpha value is -2.44. The Morgan fingerprint density at radius 2 is 1.83 bits per heavy atom. The van der Waals surface area contributed by atoms with E-state index in [1.807, 2.05) is 36.4 Å². The van der Waals surface area contributed by atoms with Gasteiger partial charge in [-0.05, 0) is 36.4 Å². The molecule has 7 heteroatoms. The van der Waals surface area contributed by atoms with Gasteiger partial charge in [0.25, 0.3) is 0 Å². The van der Waals surface area contributed by atoms with Crippen LogP contribution in [0.1, 0.15) is 0 Å². The van der Waals surface area contributed by atoms with E-state index in [4.69, 9.17) is 11.6 Å². The molecule has 5 nitrogen and oxygen atoms in total. The van der Waals surface area contributed by atoms with E-state index in [9.17, 15) is 4.79 Å². The first-order valence-electron chi connectivity index (χ1n) is 7.14. The predicted molar refractivity (Wildman–Crippen MR) is 96.1 cm³/mol. The number of amides is 1. The van der Waals surface area contributed by atoms with Gasteiger partial charge in [0, 0.05) is 18.0 Å². The molecule has 0 aliphatic heterocycles. The molecule has 3 aromatic rings. The minimum absolute atomic E-state index is 0.145. The number of anilines is 1. The summed E-state index contributed by atoms with van der Waals surface area (Å²) in [7, 11) is 0. The summed E-state index contributed by atoms with van der Waals surface area (Å²) < 4.78 is 0. The number of thioether (sulfide) groups is 1. The van der Waals surface area contributed by atoms with Crippen LogP contribution in [0.4, 0.5) is 5.69 Å². The van der Waals surface area contributed by atoms with Crippen LogP contribution >= 0.6 is 23.4 Å². The third-order valence-corrected chi connectivity index (χ3v) is 4.36. The fourth-order valence-electron chi connectivity index (χ4n) is 1.96. The summed E-state index contributed by atoms with van der Waals surface area (Å²) in [6.45, 7) is 0. The van der Waals surface area contributed by atoms with E-state index < -0.39 is 0 Å². The molecule has 0 saturated carbocycles. The van der Waals surface area contributed by atoms with Crippen LogP contribution in [0.25, 0.3) is 11.3 Å². The molecule has 0 unspecified atom stereocenters. The first-order valence-corrected chi connectivity index (χ1v) is 8.50. The van der Waals surface area contributed by atoms with Crippen LogP contribution in [-0.4, -0.2) is 26.8 Å². The first kappa shape index (κ1) is 16.4. The maximum absolute atomic E-state index is 12.0. The predicted octanol–water partition coefficient (Wildman–Crippen LogP) is 3.92. The zero-order valence-corrected chi connectivity index (χ0v) is 14.1. The zero-order valence-electron chi connectivity index (χ0n) is 12.5. The Labute approximate surface area is 148 Å². The maximum Gasteiger partial charge on any atom is 0.234 e. The highest BCUT2D eigenvalue weighted by atomic mass is 35.5. The molecule has 1 aromatic carbocycles. The number of hydrogen-bond acceptors (Lipinski definition) is 5. The fraction of sp³-hybridized carbons (Fsp3) is 0.0588. The smallest absolute Gasteiger partial charge is 0.234 e. The highest BCUT2D eigenvalue weighted by molar-refractivity contribution is 7.99. The Morgan fingerprint density at radius 1 is 1.04 bits per heavy atom. The van der Waals surface area contributed by atoms with E-state index in [2.05, 4.69) is 20.5 Å². The van der Waals surface area contributed by atoms with Gasteiger partial charge in [-0.2, -0.15) is 0 Å². The van der Waals surface area contributed by atoms with Crippen molar-refractivity contribution >= 4 is 35.0 Å². The van der Waals surface area contributed by atoms with Gasteiger partial charge in [0.05, 0.1) is 22.2 Å². The van der Waals surface area contributed by atoms with Crippen molar-refractivity contribution in [3.8, 4) is 11.3 Å². The van der Waals surface area contributed by atoms with Gasteiger partial charge in [-0.25, -0.2) is 0 Å². The summed E-state index contributed by atoms with van der Waals surface area (Å²) in [6, 6.07) is 14.6. The van der Waals surface area contributed by atoms with Crippen LogP contribution in [0.3, 0.4) is 0 Å². The van der Waals surface area contributed by atoms with Crippen LogP contribution in [0.15, 0.2) is 66.0 Å². The average Bonchev–Trinajstić information content (AvgIpc) is 2.63. The monoisotopic (exact) mass is 356 g/mol. The molecule has 0 radical (unpaired) electrons. The van der Waals surface area contributed by atoms with Crippen molar-refractivity contribution in [1.82, 2.24) is 15.2 Å². The van der Waals surface area contributed by atoms with E-state index >= 15 is 0 Å². The molecular weight excluding hydrogens is 344 g/mol. The molecule has 3 rings (SSSR count). The normalized spacial score (nSPS) is 10.4. The lowest BCUT2D eigenvalue weighted by molar-refractivity contribution is -0.113. The third-order valence-electron chi connectivity index (χ3n) is 3.12. The van der Waals surface area contributed by atoms with Gasteiger partial charge in [0.1, 0.15) is 5.03 Å². The first-order chi connectivity index (χ1) is 11.7. The molecule has 24 heavy (non-hydrogen) atoms. The molecule has 0 atom stereocenters. The van der Waals surface area contributed by atoms with E-state index in [0.29, 0.717) is 15.7 Å². The second kappa shape index (κ2) is 7.90. The molecule has 2 heterocycles. The maximum atomic E-state index is 12.0. The summed E-state index contributed by atoms with van der Waals surface area (Å²) >= 11 is 7.33. The third kappa shape index (κ3) is 4.31. The number of aromatic nitrogens is 3. The van der Waals surface area contributed by atoms with Crippen molar-refractivity contribution < 1.29 is 4.79 Å². The van der Waals surface area contributed by atoms with E-state index in [-0.39, 0.29) is 11.7 Å². The second-order valence-electron chi connectivity index (χ2n) is 4.81. The minimum atomic E-state index is -0.145. The average molecular weight is 357 g/mol. The minimum Gasteiger partial charge on any atom is -0.324 e. The van der Waals surface area contributed by atoms with Gasteiger partial charge in [0.15, 0.2) is 0 Å². The van der Waals surface area contributed by atoms with Crippen LogP contribution < -0.4 is 5.32 Å². The van der Waals surface area contributed by atoms with Crippen molar-refractivity contribution in [1.29, 1.82) is 0 Å². The Bertz CT molecular complexity index is 828. The number of nitrogens with zero attached hydrogens (tertiary/aromatic N) is 3. The molecule has 0 aliphatic carbocycles. The van der Waals surface area contributed by atoms with Crippen molar-refractivity contribution in [3.63, 3.8) is 0 Å². The van der Waals surface area contributed by atoms with Crippen molar-refractivity contribution in [2.24, 2.45) is 0 Å². The molecule has 0 spiro atoms. The Morgan fingerprint density at radius 3 is 2.54 bits per heavy atom. The molecule has 0 bridgehead atoms. The quantitative estimate of drug-likeness (QED) is 0.702. The molecule has 0 fully saturated rings. The van der Waals surface area contributed by atoms with Crippen LogP contribution in [0.2, 0.25) is 5.02 Å². The number of hydrogen-bond donors (Lipinski definition) is 1. The van der Waals surface area contributed by atoms with Crippen LogP contribution in [0, 0.1) is 0 Å². The van der Waals surface area contributed by atoms with E-state index in [0.717, 1.165) is 11.3 Å². The highest BCUT2D eigenvalue weighted by Crippen LogP contribution is 2.22. The molecule has 1 amide bonds. The molecular formula is C17H13ClN4OS. The van der Waals surface area contributed by atoms with Gasteiger partial charge in [-0.3, -0.25) is 9.78 Å². The number of para-hydroxylation sites is 1. The van der Waals surface area contributed by atoms with Gasteiger partial charge in [-0.15, -0.1) is 10.2 Å². The van der Waals surface area contributed by atoms with Crippen molar-refractivity contribution in [3.05, 3.63) is 65.9 Å². The summed E-state index contributed by atoms with van der Waals surface area (Å²) in [6.07, 6.45) is 3.41. The van der Waals surface area contributed by atoms with Gasteiger partial charge >= 0.3 is 0 Å². The van der Waals surface area contributed by atoms with Gasteiger partial charge < -0.3 is 5.32 Å². The number of nitrogens with one attached hydrogen (secondary N) is 1. The number of benzene rings is 1. The lowest BCUT2D eigenvalue weighted by Gasteiger charge is -2.06. The molecule has 2 aromatic heterocycles. The summed E-state index contributed by atoms with van der Waals surface area (Å²) in [5.74, 6) is 0.0854. The molecule has 1 N–H and O–H groups in total. The Balaban J connectivity index is 1.57. The largest absolute Gasteiger partial charge is 0.324 e. The lowest BCUT2D eigenvalue weighted by Crippen LogP contribution is -2.14. The van der Waals surface area contributed by atoms with Crippen molar-refractivity contribution in [2.75, 3.05) is 11.1 Å². The van der Waals surface area contributed by atoms with E-state index in [1.54, 1.807) is 24.5 Å². The standard InChI is InChI=1S/C17H13ClN4OS/c18-13-3-1-2-4-15(13)20-16(23)11-24-17-6-5-14(21-22-17)12-7-9-19-10-8-12/h1-10H,11H2,(H,20,23). The Kier molecular flexibility index (Phi) is 5.40. The number of halogens is 1. The number of carbonyl (C=O) groups excluding carboxylic acids is 1. The number of pyridine rings is 1. The van der Waals surface area contributed by atoms with Crippen LogP contribution in [0.5, 0.6) is 0 Å². The summed E-state index contributed by atoms with van der Waals surface area (Å²) in [5.41, 5.74) is 2.32. The molecule has 0 saturated heterocycles. The lowest BCUT2D eigenvalue weighted by atomic mass is 10.2. The van der Waals surface area contributed by atoms with Crippen molar-refractivity contribution in [2.45, 2.75) is 5.03 Å². The topological polar surface area (TPSA) is 67.8 Å². The summed E-state index contributed by atoms with van der Waals surface area (Å²) in [5, 5.41) is 12.3. The second-order valence-corrected chi connectivity index (χ2v) is 6.21. The number of carbonyl (C=O) groups is 1. The summed E-state index contributed by atoms with van der Waals surface area (Å²) in [4.78, 5) is 16.0. The van der Waals surface area contributed by atoms with Gasteiger partial charge in [-0.1, -0.05) is 35.5 Å². The van der Waals surface area contributed by atoms with Gasteiger partial charge in [0.2, 0.25) is 5.91 Å². The fourth-order valence-corrected chi connectivity index (χ4v) is 2.76. The molecule has 0 aliphatic rings. The molecule has 120 valence electrons. The van der Waals surface area contributed by atoms with E-state index in [1.165, 1.54) is 11.8 Å². The zero-order chi connectivity index (χ0) is 16.8. The van der Waals surface area contributed by atoms with Crippen LogP contribution in [-0.2, 0) is 4.79 Å². The highest BCUT2D eigenvalue weighted by Gasteiger charge is 2.07.